The molecule has 0 aliphatic carbocycles. The van der Waals surface area contributed by atoms with Crippen LogP contribution < -0.4 is 20.7 Å². The molecule has 0 aliphatic rings. The number of hydrogen-bond donors (Lipinski definition) is 0. The van der Waals surface area contributed by atoms with Gasteiger partial charge in [-0.2, -0.15) is 0 Å². The molecule has 0 bridgehead atoms. The molecule has 0 nitrogen and oxygen atoms in total. The zero-order valence-electron chi connectivity index (χ0n) is 33.6. The highest BCUT2D eigenvalue weighted by atomic mass is 28.3. The molecule has 61 heavy (non-hydrogen) atoms. The number of hydrogen-bond acceptors (Lipinski definition) is 0. The molecule has 0 heterocycles. The summed E-state index contributed by atoms with van der Waals surface area (Å²) in [6.07, 6.45) is 0. The van der Waals surface area contributed by atoms with Gasteiger partial charge in [0.1, 0.15) is 0 Å². The second-order valence-corrected chi connectivity index (χ2v) is 20.0. The van der Waals surface area contributed by atoms with Gasteiger partial charge < -0.3 is 0 Å². The standard InChI is InChI=1S/C60H40Si/c1-3-23-46(24-4-1)61(47-25-5-2-6-26-47,48-38-37-42-20-8-10-22-44(42)40-48)60-55-33-17-15-31-53(55)59(54-32-16-18-34-56(54)60)58-51-29-13-11-27-49(51)57(50-28-12-14-30-52(50)58)45-36-35-41-19-7-9-21-43(41)39-45/h1-40H. The maximum atomic E-state index is 2.49. The summed E-state index contributed by atoms with van der Waals surface area (Å²) in [5.41, 5.74) is 5.09. The van der Waals surface area contributed by atoms with E-state index in [4.69, 9.17) is 0 Å². The van der Waals surface area contributed by atoms with Crippen molar-refractivity contribution in [1.82, 2.24) is 0 Å². The van der Waals surface area contributed by atoms with E-state index in [1.54, 1.807) is 0 Å². The van der Waals surface area contributed by atoms with Crippen LogP contribution in [-0.2, 0) is 0 Å². The minimum absolute atomic E-state index is 1.24. The fourth-order valence-corrected chi connectivity index (χ4v) is 15.8. The Kier molecular flexibility index (Phi) is 8.30. The fourth-order valence-electron chi connectivity index (χ4n) is 10.6. The van der Waals surface area contributed by atoms with Crippen molar-refractivity contribution >= 4 is 93.5 Å². The lowest BCUT2D eigenvalue weighted by molar-refractivity contribution is 1.68. The predicted octanol–water partition coefficient (Wildman–Crippen LogP) is 13.3. The first-order valence-electron chi connectivity index (χ1n) is 21.3. The third kappa shape index (κ3) is 5.45. The summed E-state index contributed by atoms with van der Waals surface area (Å²) in [4.78, 5) is 0. The highest BCUT2D eigenvalue weighted by molar-refractivity contribution is 7.21. The predicted molar refractivity (Wildman–Crippen MR) is 266 cm³/mol. The van der Waals surface area contributed by atoms with Crippen molar-refractivity contribution in [1.29, 1.82) is 0 Å². The summed E-state index contributed by atoms with van der Waals surface area (Å²) >= 11 is 0. The quantitative estimate of drug-likeness (QED) is 0.0894. The molecule has 0 amide bonds. The highest BCUT2D eigenvalue weighted by Gasteiger charge is 2.44. The molecular weight excluding hydrogens is 749 g/mol. The lowest BCUT2D eigenvalue weighted by Gasteiger charge is -2.37. The van der Waals surface area contributed by atoms with Gasteiger partial charge in [-0.15, -0.1) is 0 Å². The van der Waals surface area contributed by atoms with E-state index in [2.05, 4.69) is 243 Å². The van der Waals surface area contributed by atoms with Crippen LogP contribution >= 0.6 is 0 Å². The molecule has 0 radical (unpaired) electrons. The van der Waals surface area contributed by atoms with Crippen molar-refractivity contribution < 1.29 is 0 Å². The van der Waals surface area contributed by atoms with E-state index < -0.39 is 8.07 Å². The second kappa shape index (κ2) is 14.3. The molecule has 12 aromatic rings. The van der Waals surface area contributed by atoms with E-state index >= 15 is 0 Å². The van der Waals surface area contributed by atoms with Crippen molar-refractivity contribution in [2.75, 3.05) is 0 Å². The molecule has 284 valence electrons. The molecule has 0 aliphatic heterocycles. The summed E-state index contributed by atoms with van der Waals surface area (Å²) < 4.78 is 0. The summed E-state index contributed by atoms with van der Waals surface area (Å²) in [5, 5.41) is 20.8. The van der Waals surface area contributed by atoms with E-state index in [1.165, 1.54) is 108 Å². The van der Waals surface area contributed by atoms with Crippen LogP contribution in [-0.4, -0.2) is 8.07 Å². The molecule has 0 spiro atoms. The summed E-state index contributed by atoms with van der Waals surface area (Å²) in [6.45, 7) is 0. The molecule has 1 heteroatoms. The molecule has 0 saturated carbocycles. The van der Waals surface area contributed by atoms with Crippen molar-refractivity contribution in [2.45, 2.75) is 0 Å². The molecular formula is C60H40Si. The fraction of sp³-hybridized carbons (Fsp3) is 0. The Morgan fingerprint density at radius 1 is 0.213 bits per heavy atom. The van der Waals surface area contributed by atoms with Crippen LogP contribution in [0.25, 0.3) is 86.9 Å². The molecule has 0 aromatic heterocycles. The summed E-state index contributed by atoms with van der Waals surface area (Å²) in [6, 6.07) is 91.2. The molecule has 0 N–H and O–H groups in total. The normalized spacial score (nSPS) is 11.9. The summed E-state index contributed by atoms with van der Waals surface area (Å²) in [5.74, 6) is 0. The number of fused-ring (bicyclic) bond motifs is 6. The van der Waals surface area contributed by atoms with Crippen LogP contribution in [0, 0.1) is 0 Å². The average molecular weight is 789 g/mol. The van der Waals surface area contributed by atoms with Crippen molar-refractivity contribution in [3.8, 4) is 22.3 Å². The Labute approximate surface area is 356 Å². The van der Waals surface area contributed by atoms with Crippen LogP contribution in [0.15, 0.2) is 243 Å². The average Bonchev–Trinajstić information content (AvgIpc) is 3.34. The van der Waals surface area contributed by atoms with Crippen LogP contribution in [0.2, 0.25) is 0 Å². The third-order valence-electron chi connectivity index (χ3n) is 13.1. The van der Waals surface area contributed by atoms with E-state index in [9.17, 15) is 0 Å². The van der Waals surface area contributed by atoms with Gasteiger partial charge in [0.15, 0.2) is 8.07 Å². The zero-order valence-corrected chi connectivity index (χ0v) is 34.6. The third-order valence-corrected chi connectivity index (χ3v) is 18.0. The molecule has 12 rings (SSSR count). The first kappa shape index (κ1) is 35.4. The monoisotopic (exact) mass is 788 g/mol. The van der Waals surface area contributed by atoms with Gasteiger partial charge in [0.25, 0.3) is 0 Å². The lowest BCUT2D eigenvalue weighted by atomic mass is 9.82. The van der Waals surface area contributed by atoms with Crippen LogP contribution in [0.3, 0.4) is 0 Å². The first-order chi connectivity index (χ1) is 30.3. The van der Waals surface area contributed by atoms with Gasteiger partial charge in [0, 0.05) is 0 Å². The van der Waals surface area contributed by atoms with Gasteiger partial charge in [-0.1, -0.05) is 237 Å². The Balaban J connectivity index is 1.26. The molecule has 0 unspecified atom stereocenters. The van der Waals surface area contributed by atoms with Crippen LogP contribution in [0.5, 0.6) is 0 Å². The first-order valence-corrected chi connectivity index (χ1v) is 23.3. The van der Waals surface area contributed by atoms with E-state index in [0.29, 0.717) is 0 Å². The molecule has 0 saturated heterocycles. The van der Waals surface area contributed by atoms with Gasteiger partial charge in [-0.25, -0.2) is 0 Å². The van der Waals surface area contributed by atoms with Gasteiger partial charge >= 0.3 is 0 Å². The Morgan fingerprint density at radius 3 is 1.03 bits per heavy atom. The van der Waals surface area contributed by atoms with E-state index in [-0.39, 0.29) is 0 Å². The van der Waals surface area contributed by atoms with Crippen molar-refractivity contribution in [2.24, 2.45) is 0 Å². The SMILES string of the molecule is c1ccc([Si](c2ccccc2)(c2ccc3ccccc3c2)c2c3ccccc3c(-c3c4ccccc4c(-c4ccc5ccccc5c4)c4ccccc34)c3ccccc23)cc1. The van der Waals surface area contributed by atoms with E-state index in [1.807, 2.05) is 0 Å². The Morgan fingerprint density at radius 2 is 0.557 bits per heavy atom. The number of rotatable bonds is 6. The van der Waals surface area contributed by atoms with Crippen molar-refractivity contribution in [3.63, 3.8) is 0 Å². The largest absolute Gasteiger partial charge is 0.180 e. The smallest absolute Gasteiger partial charge is 0.0623 e. The molecule has 0 fully saturated rings. The second-order valence-electron chi connectivity index (χ2n) is 16.3. The zero-order chi connectivity index (χ0) is 40.3. The highest BCUT2D eigenvalue weighted by Crippen LogP contribution is 2.48. The molecule has 0 atom stereocenters. The van der Waals surface area contributed by atoms with Crippen LogP contribution in [0.1, 0.15) is 0 Å². The minimum Gasteiger partial charge on any atom is -0.0623 e. The van der Waals surface area contributed by atoms with Crippen molar-refractivity contribution in [3.05, 3.63) is 243 Å². The van der Waals surface area contributed by atoms with Gasteiger partial charge in [-0.3, -0.25) is 0 Å². The summed E-state index contributed by atoms with van der Waals surface area (Å²) in [7, 11) is -3.05. The molecule has 12 aromatic carbocycles. The maximum Gasteiger partial charge on any atom is 0.180 e. The number of benzene rings is 12. The van der Waals surface area contributed by atoms with Gasteiger partial charge in [0.05, 0.1) is 0 Å². The topological polar surface area (TPSA) is 0 Å². The van der Waals surface area contributed by atoms with Gasteiger partial charge in [0.2, 0.25) is 0 Å². The maximum absolute atomic E-state index is 3.05. The van der Waals surface area contributed by atoms with Crippen LogP contribution in [0.4, 0.5) is 0 Å². The Hall–Kier alpha value is -7.58. The minimum atomic E-state index is -3.05. The van der Waals surface area contributed by atoms with E-state index in [0.717, 1.165) is 0 Å². The lowest BCUT2D eigenvalue weighted by Crippen LogP contribution is -2.75. The Bertz CT molecular complexity index is 3490. The van der Waals surface area contributed by atoms with Gasteiger partial charge in [-0.05, 0) is 114 Å².